The number of carbonyl (C=O) groups excluding carboxylic acids is 1. The van der Waals surface area contributed by atoms with Crippen molar-refractivity contribution >= 4 is 17.3 Å². The number of benzene rings is 1. The quantitative estimate of drug-likeness (QED) is 0.718. The molecule has 1 aromatic rings. The largest absolute Gasteiger partial charge is 0.495 e. The summed E-state index contributed by atoms with van der Waals surface area (Å²) in [7, 11) is 1.55. The van der Waals surface area contributed by atoms with E-state index >= 15 is 0 Å². The Morgan fingerprint density at radius 3 is 3.00 bits per heavy atom. The van der Waals surface area contributed by atoms with Crippen molar-refractivity contribution in [3.63, 3.8) is 0 Å². The molecule has 116 valence electrons. The molecule has 6 nitrogen and oxygen atoms in total. The standard InChI is InChI=1S/C15H23N3O3/c1-10-5-6-18(8-13(10)19)9-15(20)17-12-7-11(16)3-4-14(12)21-2/h3-4,7,10,13,19H,5-6,8-9,16H2,1-2H3,(H,17,20). The molecule has 21 heavy (non-hydrogen) atoms. The molecule has 0 radical (unpaired) electrons. The maximum Gasteiger partial charge on any atom is 0.238 e. The van der Waals surface area contributed by atoms with Crippen LogP contribution in [0.15, 0.2) is 18.2 Å². The third kappa shape index (κ3) is 4.09. The number of hydrogen-bond acceptors (Lipinski definition) is 5. The van der Waals surface area contributed by atoms with Gasteiger partial charge >= 0.3 is 0 Å². The molecule has 0 aromatic heterocycles. The smallest absolute Gasteiger partial charge is 0.238 e. The highest BCUT2D eigenvalue weighted by Gasteiger charge is 2.25. The molecule has 2 atom stereocenters. The Morgan fingerprint density at radius 2 is 2.33 bits per heavy atom. The van der Waals surface area contributed by atoms with Crippen molar-refractivity contribution in [2.24, 2.45) is 5.92 Å². The number of methoxy groups -OCH3 is 1. The number of likely N-dealkylation sites (tertiary alicyclic amines) is 1. The number of carbonyl (C=O) groups is 1. The van der Waals surface area contributed by atoms with Crippen molar-refractivity contribution < 1.29 is 14.6 Å². The SMILES string of the molecule is COc1ccc(N)cc1NC(=O)CN1CCC(C)C(O)C1. The van der Waals surface area contributed by atoms with E-state index in [1.54, 1.807) is 25.3 Å². The van der Waals surface area contributed by atoms with Crippen LogP contribution in [0.4, 0.5) is 11.4 Å². The molecule has 1 aromatic carbocycles. The molecule has 2 unspecified atom stereocenters. The van der Waals surface area contributed by atoms with Crippen molar-refractivity contribution in [3.05, 3.63) is 18.2 Å². The van der Waals surface area contributed by atoms with Crippen LogP contribution in [0.1, 0.15) is 13.3 Å². The first-order valence-corrected chi connectivity index (χ1v) is 7.13. The first-order valence-electron chi connectivity index (χ1n) is 7.13. The number of aliphatic hydroxyl groups excluding tert-OH is 1. The lowest BCUT2D eigenvalue weighted by Crippen LogP contribution is -2.45. The number of nitrogens with two attached hydrogens (primary N) is 1. The third-order valence-corrected chi connectivity index (χ3v) is 3.87. The molecule has 1 saturated heterocycles. The number of piperidine rings is 1. The number of anilines is 2. The number of nitrogen functional groups attached to an aromatic ring is 1. The maximum absolute atomic E-state index is 12.1. The Morgan fingerprint density at radius 1 is 1.57 bits per heavy atom. The van der Waals surface area contributed by atoms with Crippen LogP contribution in [0.3, 0.4) is 0 Å². The average molecular weight is 293 g/mol. The molecular formula is C15H23N3O3. The second-order valence-corrected chi connectivity index (χ2v) is 5.58. The highest BCUT2D eigenvalue weighted by molar-refractivity contribution is 5.94. The Labute approximate surface area is 124 Å². The van der Waals surface area contributed by atoms with E-state index in [1.807, 2.05) is 11.8 Å². The molecule has 6 heteroatoms. The predicted molar refractivity (Wildman–Crippen MR) is 82.3 cm³/mol. The molecule has 1 aliphatic heterocycles. The number of nitrogens with one attached hydrogen (secondary N) is 1. The van der Waals surface area contributed by atoms with Gasteiger partial charge < -0.3 is 20.9 Å². The van der Waals surface area contributed by atoms with Crippen LogP contribution in [0.2, 0.25) is 0 Å². The Balaban J connectivity index is 1.94. The van der Waals surface area contributed by atoms with Crippen LogP contribution in [0.5, 0.6) is 5.75 Å². The summed E-state index contributed by atoms with van der Waals surface area (Å²) in [6.45, 7) is 3.63. The highest BCUT2D eigenvalue weighted by Crippen LogP contribution is 2.26. The monoisotopic (exact) mass is 293 g/mol. The molecule has 1 fully saturated rings. The van der Waals surface area contributed by atoms with Crippen molar-refractivity contribution in [1.82, 2.24) is 4.90 Å². The molecular weight excluding hydrogens is 270 g/mol. The lowest BCUT2D eigenvalue weighted by atomic mass is 9.96. The number of amides is 1. The Hall–Kier alpha value is -1.79. The minimum atomic E-state index is -0.367. The zero-order chi connectivity index (χ0) is 15.4. The van der Waals surface area contributed by atoms with E-state index < -0.39 is 0 Å². The zero-order valence-electron chi connectivity index (χ0n) is 12.5. The lowest BCUT2D eigenvalue weighted by Gasteiger charge is -2.33. The van der Waals surface area contributed by atoms with E-state index in [0.29, 0.717) is 29.6 Å². The van der Waals surface area contributed by atoms with Gasteiger partial charge in [0.15, 0.2) is 0 Å². The number of β-amino-alcohol motifs (C(OH)–C–C–N with tert-alkyl or cyclic N) is 1. The summed E-state index contributed by atoms with van der Waals surface area (Å²) in [5, 5.41) is 12.7. The van der Waals surface area contributed by atoms with Crippen LogP contribution in [-0.2, 0) is 4.79 Å². The van der Waals surface area contributed by atoms with Crippen LogP contribution in [-0.4, -0.2) is 48.8 Å². The Kier molecular flexibility index (Phi) is 5.03. The summed E-state index contributed by atoms with van der Waals surface area (Å²) >= 11 is 0. The molecule has 1 aliphatic rings. The first-order chi connectivity index (χ1) is 9.99. The van der Waals surface area contributed by atoms with Crippen LogP contribution in [0, 0.1) is 5.92 Å². The number of aliphatic hydroxyl groups is 1. The van der Waals surface area contributed by atoms with E-state index in [0.717, 1.165) is 13.0 Å². The van der Waals surface area contributed by atoms with Crippen LogP contribution >= 0.6 is 0 Å². The van der Waals surface area contributed by atoms with E-state index in [9.17, 15) is 9.90 Å². The second-order valence-electron chi connectivity index (χ2n) is 5.58. The number of nitrogens with zero attached hydrogens (tertiary/aromatic N) is 1. The maximum atomic E-state index is 12.1. The summed E-state index contributed by atoms with van der Waals surface area (Å²) in [5.41, 5.74) is 6.85. The fraction of sp³-hybridized carbons (Fsp3) is 0.533. The van der Waals surface area contributed by atoms with Gasteiger partial charge in [0.05, 0.1) is 25.4 Å². The van der Waals surface area contributed by atoms with Gasteiger partial charge in [-0.05, 0) is 37.1 Å². The number of rotatable bonds is 4. The van der Waals surface area contributed by atoms with E-state index in [-0.39, 0.29) is 18.6 Å². The average Bonchev–Trinajstić information content (AvgIpc) is 2.43. The van der Waals surface area contributed by atoms with Gasteiger partial charge in [-0.15, -0.1) is 0 Å². The van der Waals surface area contributed by atoms with Gasteiger partial charge in [-0.3, -0.25) is 9.69 Å². The van der Waals surface area contributed by atoms with Gasteiger partial charge in [0, 0.05) is 12.2 Å². The number of ether oxygens (including phenoxy) is 1. The van der Waals surface area contributed by atoms with Crippen molar-refractivity contribution in [2.45, 2.75) is 19.4 Å². The zero-order valence-corrected chi connectivity index (χ0v) is 12.5. The molecule has 1 heterocycles. The summed E-state index contributed by atoms with van der Waals surface area (Å²) in [4.78, 5) is 14.1. The van der Waals surface area contributed by atoms with E-state index in [2.05, 4.69) is 5.32 Å². The first kappa shape index (κ1) is 15.6. The second kappa shape index (κ2) is 6.78. The van der Waals surface area contributed by atoms with Gasteiger partial charge in [-0.1, -0.05) is 6.92 Å². The summed E-state index contributed by atoms with van der Waals surface area (Å²) in [5.74, 6) is 0.726. The van der Waals surface area contributed by atoms with Crippen molar-refractivity contribution in [1.29, 1.82) is 0 Å². The molecule has 2 rings (SSSR count). The van der Waals surface area contributed by atoms with Gasteiger partial charge in [0.25, 0.3) is 0 Å². The topological polar surface area (TPSA) is 87.8 Å². The summed E-state index contributed by atoms with van der Waals surface area (Å²) in [6.07, 6.45) is 0.532. The van der Waals surface area contributed by atoms with Gasteiger partial charge in [-0.2, -0.15) is 0 Å². The van der Waals surface area contributed by atoms with Crippen molar-refractivity contribution in [3.8, 4) is 5.75 Å². The normalized spacial score (nSPS) is 22.8. The molecule has 4 N–H and O–H groups in total. The highest BCUT2D eigenvalue weighted by atomic mass is 16.5. The minimum Gasteiger partial charge on any atom is -0.495 e. The molecule has 0 aliphatic carbocycles. The van der Waals surface area contributed by atoms with Crippen LogP contribution < -0.4 is 15.8 Å². The number of hydrogen-bond donors (Lipinski definition) is 3. The summed E-state index contributed by atoms with van der Waals surface area (Å²) in [6, 6.07) is 5.11. The van der Waals surface area contributed by atoms with Gasteiger partial charge in [0.1, 0.15) is 5.75 Å². The van der Waals surface area contributed by atoms with Crippen molar-refractivity contribution in [2.75, 3.05) is 37.8 Å². The summed E-state index contributed by atoms with van der Waals surface area (Å²) < 4.78 is 5.20. The van der Waals surface area contributed by atoms with E-state index in [1.165, 1.54) is 0 Å². The third-order valence-electron chi connectivity index (χ3n) is 3.87. The van der Waals surface area contributed by atoms with Gasteiger partial charge in [0.2, 0.25) is 5.91 Å². The fourth-order valence-corrected chi connectivity index (χ4v) is 2.47. The minimum absolute atomic E-state index is 0.138. The van der Waals surface area contributed by atoms with Gasteiger partial charge in [-0.25, -0.2) is 0 Å². The lowest BCUT2D eigenvalue weighted by molar-refractivity contribution is -0.118. The predicted octanol–water partition coefficient (Wildman–Crippen LogP) is 0.919. The molecule has 1 amide bonds. The molecule has 0 saturated carbocycles. The Bertz CT molecular complexity index is 507. The van der Waals surface area contributed by atoms with E-state index in [4.69, 9.17) is 10.5 Å². The van der Waals surface area contributed by atoms with Crippen LogP contribution in [0.25, 0.3) is 0 Å². The fourth-order valence-electron chi connectivity index (χ4n) is 2.47. The molecule has 0 spiro atoms. The molecule has 0 bridgehead atoms.